The van der Waals surface area contributed by atoms with Crippen LogP contribution in [0.25, 0.3) is 11.7 Å². The molecule has 114 valence electrons. The van der Waals surface area contributed by atoms with Gasteiger partial charge in [-0.2, -0.15) is 10.2 Å². The molecule has 0 aliphatic heterocycles. The molecular formula is C16H17N3O3. The van der Waals surface area contributed by atoms with Crippen molar-refractivity contribution in [3.05, 3.63) is 35.2 Å². The molecule has 2 aromatic rings. The summed E-state index contributed by atoms with van der Waals surface area (Å²) in [6.45, 7) is 6.39. The molecule has 0 aromatic carbocycles. The molecule has 0 aliphatic carbocycles. The first-order valence-corrected chi connectivity index (χ1v) is 6.89. The molecule has 2 heterocycles. The number of aromatic nitrogens is 2. The summed E-state index contributed by atoms with van der Waals surface area (Å²) >= 11 is 0. The lowest BCUT2D eigenvalue weighted by Crippen LogP contribution is -2.06. The Kier molecular flexibility index (Phi) is 4.47. The van der Waals surface area contributed by atoms with Gasteiger partial charge >= 0.3 is 5.97 Å². The lowest BCUT2D eigenvalue weighted by molar-refractivity contribution is -0.132. The predicted molar refractivity (Wildman–Crippen MR) is 81.5 cm³/mol. The molecule has 0 aliphatic rings. The van der Waals surface area contributed by atoms with Crippen LogP contribution >= 0.6 is 0 Å². The summed E-state index contributed by atoms with van der Waals surface area (Å²) in [6.07, 6.45) is 3.12. The number of aryl methyl sites for hydroxylation is 1. The lowest BCUT2D eigenvalue weighted by atomic mass is 10.2. The van der Waals surface area contributed by atoms with Gasteiger partial charge in [0, 0.05) is 6.20 Å². The fraction of sp³-hybridized carbons (Fsp3) is 0.312. The van der Waals surface area contributed by atoms with E-state index in [4.69, 9.17) is 15.1 Å². The molecule has 0 spiro atoms. The summed E-state index contributed by atoms with van der Waals surface area (Å²) in [7, 11) is 0. The van der Waals surface area contributed by atoms with Crippen LogP contribution in [0.3, 0.4) is 0 Å². The molecule has 0 saturated carbocycles. The maximum Gasteiger partial charge on any atom is 0.346 e. The van der Waals surface area contributed by atoms with Gasteiger partial charge in [-0.25, -0.2) is 4.79 Å². The van der Waals surface area contributed by atoms with E-state index >= 15 is 0 Å². The molecule has 0 saturated heterocycles. The molecule has 6 heteroatoms. The average molecular weight is 299 g/mol. The number of fused-ring (bicyclic) bond motifs is 1. The number of ether oxygens (including phenoxy) is 1. The summed E-state index contributed by atoms with van der Waals surface area (Å²) in [5.74, 6) is -0.647. The number of hydrogen-bond donors (Lipinski definition) is 1. The molecule has 0 fully saturated rings. The molecule has 0 radical (unpaired) electrons. The number of aliphatic carboxylic acids is 1. The van der Waals surface area contributed by atoms with E-state index in [1.54, 1.807) is 10.5 Å². The number of nitriles is 1. The molecule has 0 amide bonds. The summed E-state index contributed by atoms with van der Waals surface area (Å²) < 4.78 is 7.40. The van der Waals surface area contributed by atoms with Crippen LogP contribution in [0, 0.1) is 24.2 Å². The SMILES string of the molecule is Cc1ccc2nc(OCC(C)C)c(C=C(C#N)C(=O)O)n2c1. The summed E-state index contributed by atoms with van der Waals surface area (Å²) in [4.78, 5) is 15.4. The van der Waals surface area contributed by atoms with Gasteiger partial charge in [-0.3, -0.25) is 4.40 Å². The van der Waals surface area contributed by atoms with Crippen LogP contribution in [0.1, 0.15) is 25.1 Å². The van der Waals surface area contributed by atoms with Gasteiger partial charge in [-0.15, -0.1) is 0 Å². The summed E-state index contributed by atoms with van der Waals surface area (Å²) in [5, 5.41) is 18.0. The topological polar surface area (TPSA) is 87.6 Å². The van der Waals surface area contributed by atoms with E-state index in [9.17, 15) is 4.79 Å². The fourth-order valence-electron chi connectivity index (χ4n) is 1.91. The van der Waals surface area contributed by atoms with Gasteiger partial charge < -0.3 is 9.84 Å². The Morgan fingerprint density at radius 3 is 2.86 bits per heavy atom. The largest absolute Gasteiger partial charge is 0.477 e. The van der Waals surface area contributed by atoms with Crippen LogP contribution in [0.2, 0.25) is 0 Å². The molecule has 2 aromatic heterocycles. The van der Waals surface area contributed by atoms with Crippen molar-refractivity contribution in [1.29, 1.82) is 5.26 Å². The van der Waals surface area contributed by atoms with Crippen LogP contribution in [0.15, 0.2) is 23.9 Å². The van der Waals surface area contributed by atoms with Gasteiger partial charge in [0.05, 0.1) is 6.61 Å². The third-order valence-corrected chi connectivity index (χ3v) is 2.95. The number of rotatable bonds is 5. The van der Waals surface area contributed by atoms with Crippen LogP contribution in [0.4, 0.5) is 0 Å². The Balaban J connectivity index is 2.61. The summed E-state index contributed by atoms with van der Waals surface area (Å²) in [6, 6.07) is 5.40. The normalized spacial score (nSPS) is 11.7. The fourth-order valence-corrected chi connectivity index (χ4v) is 1.91. The zero-order valence-electron chi connectivity index (χ0n) is 12.7. The predicted octanol–water partition coefficient (Wildman–Crippen LogP) is 2.67. The van der Waals surface area contributed by atoms with Crippen LogP contribution < -0.4 is 4.74 Å². The first-order valence-electron chi connectivity index (χ1n) is 6.89. The number of carboxylic acids is 1. The van der Waals surface area contributed by atoms with Crippen molar-refractivity contribution in [1.82, 2.24) is 9.38 Å². The highest BCUT2D eigenvalue weighted by molar-refractivity contribution is 5.96. The van der Waals surface area contributed by atoms with Crippen molar-refractivity contribution in [3.8, 4) is 11.9 Å². The van der Waals surface area contributed by atoms with Crippen LogP contribution in [-0.2, 0) is 4.79 Å². The van der Waals surface area contributed by atoms with Crippen LogP contribution in [-0.4, -0.2) is 27.1 Å². The van der Waals surface area contributed by atoms with Crippen molar-refractivity contribution in [2.45, 2.75) is 20.8 Å². The van der Waals surface area contributed by atoms with Gasteiger partial charge in [0.25, 0.3) is 0 Å². The standard InChI is InChI=1S/C16H17N3O3/c1-10(2)9-22-15-13(6-12(7-17)16(20)21)19-8-11(3)4-5-14(19)18-15/h4-6,8,10H,9H2,1-3H3,(H,20,21). The van der Waals surface area contributed by atoms with Crippen molar-refractivity contribution in [2.24, 2.45) is 5.92 Å². The monoisotopic (exact) mass is 299 g/mol. The number of hydrogen-bond acceptors (Lipinski definition) is 4. The molecule has 0 unspecified atom stereocenters. The number of pyridine rings is 1. The first kappa shape index (κ1) is 15.6. The first-order chi connectivity index (χ1) is 10.4. The number of carboxylic acid groups (broad SMARTS) is 1. The van der Waals surface area contributed by atoms with Crippen molar-refractivity contribution >= 4 is 17.7 Å². The number of nitrogens with zero attached hydrogens (tertiary/aromatic N) is 3. The molecule has 6 nitrogen and oxygen atoms in total. The van der Waals surface area contributed by atoms with Gasteiger partial charge in [0.15, 0.2) is 0 Å². The average Bonchev–Trinajstić information content (AvgIpc) is 2.79. The second-order valence-electron chi connectivity index (χ2n) is 5.42. The van der Waals surface area contributed by atoms with E-state index < -0.39 is 5.97 Å². The van der Waals surface area contributed by atoms with E-state index in [0.29, 0.717) is 29.7 Å². The maximum atomic E-state index is 11.1. The summed E-state index contributed by atoms with van der Waals surface area (Å²) in [5.41, 5.74) is 1.72. The van der Waals surface area contributed by atoms with Crippen molar-refractivity contribution < 1.29 is 14.6 Å². The van der Waals surface area contributed by atoms with Crippen molar-refractivity contribution in [2.75, 3.05) is 6.61 Å². The number of imidazole rings is 1. The van der Waals surface area contributed by atoms with E-state index in [-0.39, 0.29) is 5.57 Å². The Bertz CT molecular complexity index is 782. The molecule has 1 N–H and O–H groups in total. The minimum Gasteiger partial charge on any atom is -0.477 e. The van der Waals surface area contributed by atoms with Crippen LogP contribution in [0.5, 0.6) is 5.88 Å². The van der Waals surface area contributed by atoms with Gasteiger partial charge in [0.1, 0.15) is 23.0 Å². The van der Waals surface area contributed by atoms with Gasteiger partial charge in [-0.05, 0) is 30.5 Å². The number of carbonyl (C=O) groups is 1. The van der Waals surface area contributed by atoms with E-state index in [1.165, 1.54) is 6.08 Å². The molecule has 0 atom stereocenters. The van der Waals surface area contributed by atoms with E-state index in [2.05, 4.69) is 4.98 Å². The van der Waals surface area contributed by atoms with E-state index in [1.807, 2.05) is 39.1 Å². The molecular weight excluding hydrogens is 282 g/mol. The van der Waals surface area contributed by atoms with Crippen molar-refractivity contribution in [3.63, 3.8) is 0 Å². The van der Waals surface area contributed by atoms with Gasteiger partial charge in [-0.1, -0.05) is 19.9 Å². The smallest absolute Gasteiger partial charge is 0.346 e. The molecule has 22 heavy (non-hydrogen) atoms. The Morgan fingerprint density at radius 2 is 2.27 bits per heavy atom. The quantitative estimate of drug-likeness (QED) is 0.677. The Morgan fingerprint density at radius 1 is 1.55 bits per heavy atom. The zero-order chi connectivity index (χ0) is 16.3. The zero-order valence-corrected chi connectivity index (χ0v) is 12.7. The maximum absolute atomic E-state index is 11.1. The Labute approximate surface area is 128 Å². The molecule has 0 bridgehead atoms. The second kappa shape index (κ2) is 6.31. The second-order valence-corrected chi connectivity index (χ2v) is 5.42. The van der Waals surface area contributed by atoms with Gasteiger partial charge in [0.2, 0.25) is 5.88 Å². The molecule has 2 rings (SSSR count). The van der Waals surface area contributed by atoms with E-state index in [0.717, 1.165) is 5.56 Å². The highest BCUT2D eigenvalue weighted by atomic mass is 16.5. The highest BCUT2D eigenvalue weighted by Crippen LogP contribution is 2.24. The highest BCUT2D eigenvalue weighted by Gasteiger charge is 2.16. The minimum atomic E-state index is -1.28. The lowest BCUT2D eigenvalue weighted by Gasteiger charge is -2.07. The third-order valence-electron chi connectivity index (χ3n) is 2.95. The Hall–Kier alpha value is -2.81. The minimum absolute atomic E-state index is 0.304. The third kappa shape index (κ3) is 3.26.